The molecule has 5 heteroatoms. The van der Waals surface area contributed by atoms with E-state index in [0.717, 1.165) is 39.0 Å². The van der Waals surface area contributed by atoms with Gasteiger partial charge in [-0.2, -0.15) is 0 Å². The largest absolute Gasteiger partial charge is 0.341 e. The van der Waals surface area contributed by atoms with E-state index in [-0.39, 0.29) is 18.4 Å². The standard InChI is InChI=1S/C10H19N3O.ClH/c11-9-2-4-13(7-9)10(14)5-8-1-3-12-6-8;/h8-9,12H,1-7,11H2;1H/t8?,9-;/m1./s1. The minimum Gasteiger partial charge on any atom is -0.341 e. The summed E-state index contributed by atoms with van der Waals surface area (Å²) >= 11 is 0. The molecular weight excluding hydrogens is 214 g/mol. The van der Waals surface area contributed by atoms with Crippen molar-refractivity contribution >= 4 is 18.3 Å². The van der Waals surface area contributed by atoms with Gasteiger partial charge in [-0.25, -0.2) is 0 Å². The van der Waals surface area contributed by atoms with Crippen molar-refractivity contribution in [2.75, 3.05) is 26.2 Å². The van der Waals surface area contributed by atoms with Crippen molar-refractivity contribution in [2.24, 2.45) is 11.7 Å². The summed E-state index contributed by atoms with van der Waals surface area (Å²) in [7, 11) is 0. The van der Waals surface area contributed by atoms with Gasteiger partial charge in [-0.1, -0.05) is 0 Å². The lowest BCUT2D eigenvalue weighted by Gasteiger charge is -2.17. The van der Waals surface area contributed by atoms with Gasteiger partial charge < -0.3 is 16.0 Å². The van der Waals surface area contributed by atoms with Crippen LogP contribution in [-0.2, 0) is 4.79 Å². The molecule has 2 rings (SSSR count). The van der Waals surface area contributed by atoms with E-state index in [2.05, 4.69) is 5.32 Å². The first kappa shape index (κ1) is 12.7. The summed E-state index contributed by atoms with van der Waals surface area (Å²) in [5.74, 6) is 0.853. The van der Waals surface area contributed by atoms with Crippen LogP contribution in [0.3, 0.4) is 0 Å². The Morgan fingerprint density at radius 3 is 2.80 bits per heavy atom. The molecular formula is C10H20ClN3O. The van der Waals surface area contributed by atoms with Crippen LogP contribution in [0.25, 0.3) is 0 Å². The van der Waals surface area contributed by atoms with E-state index in [4.69, 9.17) is 5.73 Å². The van der Waals surface area contributed by atoms with Crippen LogP contribution in [-0.4, -0.2) is 43.0 Å². The first-order chi connectivity index (χ1) is 6.75. The van der Waals surface area contributed by atoms with E-state index < -0.39 is 0 Å². The molecule has 0 saturated carbocycles. The zero-order chi connectivity index (χ0) is 9.97. The van der Waals surface area contributed by atoms with Gasteiger partial charge in [0.05, 0.1) is 0 Å². The van der Waals surface area contributed by atoms with Gasteiger partial charge in [-0.3, -0.25) is 4.79 Å². The van der Waals surface area contributed by atoms with Crippen LogP contribution in [0, 0.1) is 5.92 Å². The molecule has 4 nitrogen and oxygen atoms in total. The van der Waals surface area contributed by atoms with Crippen molar-refractivity contribution in [3.8, 4) is 0 Å². The average molecular weight is 234 g/mol. The van der Waals surface area contributed by atoms with E-state index in [9.17, 15) is 4.79 Å². The molecule has 15 heavy (non-hydrogen) atoms. The minimum atomic E-state index is 0. The lowest BCUT2D eigenvalue weighted by atomic mass is 10.0. The lowest BCUT2D eigenvalue weighted by molar-refractivity contribution is -0.131. The molecule has 0 aromatic carbocycles. The Labute approximate surface area is 97.0 Å². The fourth-order valence-electron chi connectivity index (χ4n) is 2.28. The third kappa shape index (κ3) is 3.33. The van der Waals surface area contributed by atoms with Crippen LogP contribution in [0.2, 0.25) is 0 Å². The number of halogens is 1. The van der Waals surface area contributed by atoms with Gasteiger partial charge in [0.1, 0.15) is 0 Å². The van der Waals surface area contributed by atoms with Crippen LogP contribution < -0.4 is 11.1 Å². The summed E-state index contributed by atoms with van der Waals surface area (Å²) in [6.45, 7) is 3.70. The molecule has 2 saturated heterocycles. The van der Waals surface area contributed by atoms with Crippen molar-refractivity contribution in [3.63, 3.8) is 0 Å². The van der Waals surface area contributed by atoms with Crippen molar-refractivity contribution in [2.45, 2.75) is 25.3 Å². The lowest BCUT2D eigenvalue weighted by Crippen LogP contribution is -2.33. The second-order valence-corrected chi connectivity index (χ2v) is 4.45. The number of likely N-dealkylation sites (tertiary alicyclic amines) is 1. The van der Waals surface area contributed by atoms with E-state index in [1.807, 2.05) is 4.90 Å². The number of hydrogen-bond acceptors (Lipinski definition) is 3. The Balaban J connectivity index is 0.00000112. The van der Waals surface area contributed by atoms with E-state index in [1.54, 1.807) is 0 Å². The molecule has 2 fully saturated rings. The highest BCUT2D eigenvalue weighted by molar-refractivity contribution is 5.85. The molecule has 0 aromatic heterocycles. The summed E-state index contributed by atoms with van der Waals surface area (Å²) in [6.07, 6.45) is 2.82. The molecule has 2 aliphatic rings. The van der Waals surface area contributed by atoms with Crippen LogP contribution in [0.5, 0.6) is 0 Å². The number of carbonyl (C=O) groups excluding carboxylic acids is 1. The van der Waals surface area contributed by atoms with Gasteiger partial charge in [0.25, 0.3) is 0 Å². The molecule has 3 N–H and O–H groups in total. The number of rotatable bonds is 2. The fraction of sp³-hybridized carbons (Fsp3) is 0.900. The maximum absolute atomic E-state index is 11.8. The number of nitrogens with one attached hydrogen (secondary N) is 1. The number of nitrogens with zero attached hydrogens (tertiary/aromatic N) is 1. The monoisotopic (exact) mass is 233 g/mol. The smallest absolute Gasteiger partial charge is 0.222 e. The van der Waals surface area contributed by atoms with Crippen LogP contribution in [0.4, 0.5) is 0 Å². The van der Waals surface area contributed by atoms with Crippen molar-refractivity contribution in [3.05, 3.63) is 0 Å². The summed E-state index contributed by atoms with van der Waals surface area (Å²) < 4.78 is 0. The molecule has 0 bridgehead atoms. The van der Waals surface area contributed by atoms with Crippen molar-refractivity contribution in [1.29, 1.82) is 0 Å². The molecule has 2 aliphatic heterocycles. The summed E-state index contributed by atoms with van der Waals surface area (Å²) in [5.41, 5.74) is 5.76. The van der Waals surface area contributed by atoms with E-state index in [0.29, 0.717) is 18.2 Å². The Bertz CT molecular complexity index is 219. The number of amides is 1. The van der Waals surface area contributed by atoms with Gasteiger partial charge in [0.15, 0.2) is 0 Å². The van der Waals surface area contributed by atoms with Crippen LogP contribution in [0.1, 0.15) is 19.3 Å². The van der Waals surface area contributed by atoms with E-state index >= 15 is 0 Å². The quantitative estimate of drug-likeness (QED) is 0.704. The third-order valence-electron chi connectivity index (χ3n) is 3.20. The molecule has 0 aromatic rings. The predicted molar refractivity (Wildman–Crippen MR) is 62.0 cm³/mol. The zero-order valence-electron chi connectivity index (χ0n) is 8.95. The van der Waals surface area contributed by atoms with Crippen molar-refractivity contribution < 1.29 is 4.79 Å². The van der Waals surface area contributed by atoms with Gasteiger partial charge in [0, 0.05) is 25.6 Å². The Morgan fingerprint density at radius 2 is 2.27 bits per heavy atom. The molecule has 0 aliphatic carbocycles. The number of hydrogen-bond donors (Lipinski definition) is 2. The Morgan fingerprint density at radius 1 is 1.47 bits per heavy atom. The first-order valence-corrected chi connectivity index (χ1v) is 5.50. The highest BCUT2D eigenvalue weighted by Crippen LogP contribution is 2.16. The second kappa shape index (κ2) is 5.68. The average Bonchev–Trinajstić information content (AvgIpc) is 2.75. The molecule has 1 unspecified atom stereocenters. The van der Waals surface area contributed by atoms with Crippen LogP contribution in [0.15, 0.2) is 0 Å². The maximum Gasteiger partial charge on any atom is 0.222 e. The fourth-order valence-corrected chi connectivity index (χ4v) is 2.28. The predicted octanol–water partition coefficient (Wildman–Crippen LogP) is -0.0326. The maximum atomic E-state index is 11.8. The molecule has 0 spiro atoms. The van der Waals surface area contributed by atoms with Crippen molar-refractivity contribution in [1.82, 2.24) is 10.2 Å². The highest BCUT2D eigenvalue weighted by atomic mass is 35.5. The van der Waals surface area contributed by atoms with Gasteiger partial charge in [-0.05, 0) is 31.8 Å². The SMILES string of the molecule is Cl.N[C@@H]1CCN(C(=O)CC2CCNC2)C1. The highest BCUT2D eigenvalue weighted by Gasteiger charge is 2.26. The Kier molecular flexibility index (Phi) is 4.83. The first-order valence-electron chi connectivity index (χ1n) is 5.50. The van der Waals surface area contributed by atoms with Gasteiger partial charge >= 0.3 is 0 Å². The van der Waals surface area contributed by atoms with E-state index in [1.165, 1.54) is 0 Å². The number of nitrogens with two attached hydrogens (primary N) is 1. The molecule has 2 heterocycles. The molecule has 88 valence electrons. The zero-order valence-corrected chi connectivity index (χ0v) is 9.76. The minimum absolute atomic E-state index is 0. The molecule has 2 atom stereocenters. The van der Waals surface area contributed by atoms with Gasteiger partial charge in [-0.15, -0.1) is 12.4 Å². The van der Waals surface area contributed by atoms with Gasteiger partial charge in [0.2, 0.25) is 5.91 Å². The third-order valence-corrected chi connectivity index (χ3v) is 3.20. The Hall–Kier alpha value is -0.320. The summed E-state index contributed by atoms with van der Waals surface area (Å²) in [4.78, 5) is 13.7. The summed E-state index contributed by atoms with van der Waals surface area (Å²) in [6, 6.07) is 0.209. The molecule has 0 radical (unpaired) electrons. The number of carbonyl (C=O) groups is 1. The summed E-state index contributed by atoms with van der Waals surface area (Å²) in [5, 5.41) is 3.28. The second-order valence-electron chi connectivity index (χ2n) is 4.45. The normalized spacial score (nSPS) is 30.3. The van der Waals surface area contributed by atoms with Crippen LogP contribution >= 0.6 is 12.4 Å². The topological polar surface area (TPSA) is 58.4 Å². The molecule has 1 amide bonds.